The van der Waals surface area contributed by atoms with Crippen LogP contribution in [0, 0.1) is 5.82 Å². The molecule has 0 unspecified atom stereocenters. The summed E-state index contributed by atoms with van der Waals surface area (Å²) in [5.74, 6) is 0.387. The van der Waals surface area contributed by atoms with Crippen LogP contribution in [-0.4, -0.2) is 24.7 Å². The Morgan fingerprint density at radius 3 is 2.88 bits per heavy atom. The van der Waals surface area contributed by atoms with Crippen molar-refractivity contribution in [3.63, 3.8) is 0 Å². The predicted molar refractivity (Wildman–Crippen MR) is 98.7 cm³/mol. The van der Waals surface area contributed by atoms with Crippen LogP contribution in [0.1, 0.15) is 18.1 Å². The number of hydrogen-bond acceptors (Lipinski definition) is 3. The second kappa shape index (κ2) is 7.89. The summed E-state index contributed by atoms with van der Waals surface area (Å²) >= 11 is 5.28. The van der Waals surface area contributed by atoms with Crippen molar-refractivity contribution in [3.05, 3.63) is 65.9 Å². The maximum atomic E-state index is 13.2. The summed E-state index contributed by atoms with van der Waals surface area (Å²) in [6.45, 7) is 3.97. The molecule has 6 nitrogen and oxygen atoms in total. The lowest BCUT2D eigenvalue weighted by atomic mass is 10.2. The molecule has 2 heterocycles. The van der Waals surface area contributed by atoms with Crippen LogP contribution in [0.3, 0.4) is 0 Å². The minimum atomic E-state index is -0.250. The monoisotopic (exact) mass is 358 g/mol. The van der Waals surface area contributed by atoms with E-state index in [1.807, 2.05) is 42.3 Å². The van der Waals surface area contributed by atoms with E-state index < -0.39 is 0 Å². The topological polar surface area (TPSA) is 59.7 Å². The van der Waals surface area contributed by atoms with Crippen LogP contribution < -0.4 is 10.6 Å². The van der Waals surface area contributed by atoms with Crippen LogP contribution in [0.15, 0.2) is 48.9 Å². The summed E-state index contributed by atoms with van der Waals surface area (Å²) in [4.78, 5) is 0. The third-order valence-electron chi connectivity index (χ3n) is 3.58. The predicted octanol–water partition coefficient (Wildman–Crippen LogP) is 2.77. The summed E-state index contributed by atoms with van der Waals surface area (Å²) < 4.78 is 16.8. The lowest BCUT2D eigenvalue weighted by Gasteiger charge is -2.07. The number of rotatable bonds is 6. The number of anilines is 1. The third kappa shape index (κ3) is 4.87. The number of thiocarbonyl (C=S) groups is 1. The van der Waals surface area contributed by atoms with Gasteiger partial charge in [0.2, 0.25) is 0 Å². The molecule has 0 fully saturated rings. The molecule has 2 aromatic heterocycles. The van der Waals surface area contributed by atoms with Gasteiger partial charge in [-0.25, -0.2) is 4.39 Å². The van der Waals surface area contributed by atoms with Gasteiger partial charge in [0.05, 0.1) is 12.7 Å². The Hall–Kier alpha value is -2.74. The van der Waals surface area contributed by atoms with E-state index in [2.05, 4.69) is 20.8 Å². The number of aromatic nitrogens is 4. The van der Waals surface area contributed by atoms with Gasteiger partial charge in [0, 0.05) is 37.1 Å². The second-order valence-corrected chi connectivity index (χ2v) is 5.95. The van der Waals surface area contributed by atoms with Crippen LogP contribution in [0.5, 0.6) is 0 Å². The van der Waals surface area contributed by atoms with Crippen molar-refractivity contribution < 1.29 is 4.39 Å². The van der Waals surface area contributed by atoms with Crippen molar-refractivity contribution in [2.24, 2.45) is 0 Å². The highest BCUT2D eigenvalue weighted by Crippen LogP contribution is 2.08. The first-order valence-corrected chi connectivity index (χ1v) is 8.37. The Balaban J connectivity index is 1.51. The fourth-order valence-electron chi connectivity index (χ4n) is 2.35. The lowest BCUT2D eigenvalue weighted by Crippen LogP contribution is -2.28. The normalized spacial score (nSPS) is 10.6. The summed E-state index contributed by atoms with van der Waals surface area (Å²) in [5.41, 5.74) is 1.91. The van der Waals surface area contributed by atoms with Gasteiger partial charge in [0.15, 0.2) is 10.9 Å². The van der Waals surface area contributed by atoms with E-state index in [0.717, 1.165) is 17.7 Å². The van der Waals surface area contributed by atoms with E-state index in [1.165, 1.54) is 12.1 Å². The standard InChI is InChI=1S/C17H19FN6S/c1-2-23-12-14(10-20-23)9-19-17(25)21-16-6-7-24(22-16)11-13-4-3-5-15(18)8-13/h3-8,10,12H,2,9,11H2,1H3,(H2,19,21,22,25). The van der Waals surface area contributed by atoms with Crippen molar-refractivity contribution in [2.45, 2.75) is 26.6 Å². The van der Waals surface area contributed by atoms with Gasteiger partial charge in [-0.05, 0) is 36.8 Å². The maximum Gasteiger partial charge on any atom is 0.172 e. The number of halogens is 1. The maximum absolute atomic E-state index is 13.2. The SMILES string of the molecule is CCn1cc(CNC(=S)Nc2ccn(Cc3cccc(F)c3)n2)cn1. The van der Waals surface area contributed by atoms with Gasteiger partial charge in [0.1, 0.15) is 5.82 Å². The molecule has 0 aliphatic carbocycles. The molecule has 0 amide bonds. The molecule has 0 aliphatic rings. The van der Waals surface area contributed by atoms with E-state index in [4.69, 9.17) is 12.2 Å². The molecule has 0 atom stereocenters. The van der Waals surface area contributed by atoms with Gasteiger partial charge in [-0.15, -0.1) is 0 Å². The Labute approximate surface area is 150 Å². The third-order valence-corrected chi connectivity index (χ3v) is 3.83. The van der Waals surface area contributed by atoms with Gasteiger partial charge >= 0.3 is 0 Å². The van der Waals surface area contributed by atoms with Crippen molar-refractivity contribution in [3.8, 4) is 0 Å². The molecule has 130 valence electrons. The van der Waals surface area contributed by atoms with E-state index in [0.29, 0.717) is 24.0 Å². The first-order valence-electron chi connectivity index (χ1n) is 7.96. The zero-order valence-corrected chi connectivity index (χ0v) is 14.6. The van der Waals surface area contributed by atoms with Crippen LogP contribution in [-0.2, 0) is 19.6 Å². The Kier molecular flexibility index (Phi) is 5.39. The van der Waals surface area contributed by atoms with E-state index >= 15 is 0 Å². The quantitative estimate of drug-likeness (QED) is 0.664. The Morgan fingerprint density at radius 1 is 1.24 bits per heavy atom. The molecule has 8 heteroatoms. The number of nitrogens with one attached hydrogen (secondary N) is 2. The van der Waals surface area contributed by atoms with Gasteiger partial charge in [0.25, 0.3) is 0 Å². The number of hydrogen-bond donors (Lipinski definition) is 2. The molecule has 0 saturated heterocycles. The molecule has 25 heavy (non-hydrogen) atoms. The second-order valence-electron chi connectivity index (χ2n) is 5.54. The highest BCUT2D eigenvalue weighted by atomic mass is 32.1. The molecular weight excluding hydrogens is 339 g/mol. The number of aryl methyl sites for hydroxylation is 1. The van der Waals surface area contributed by atoms with Crippen molar-refractivity contribution in [1.82, 2.24) is 24.9 Å². The van der Waals surface area contributed by atoms with Gasteiger partial charge in [-0.3, -0.25) is 9.36 Å². The first kappa shape index (κ1) is 17.1. The molecule has 0 bridgehead atoms. The minimum absolute atomic E-state index is 0.250. The van der Waals surface area contributed by atoms with Gasteiger partial charge in [-0.1, -0.05) is 12.1 Å². The number of nitrogens with zero attached hydrogens (tertiary/aromatic N) is 4. The highest BCUT2D eigenvalue weighted by Gasteiger charge is 2.04. The fraction of sp³-hybridized carbons (Fsp3) is 0.235. The zero-order valence-electron chi connectivity index (χ0n) is 13.8. The largest absolute Gasteiger partial charge is 0.358 e. The molecule has 0 saturated carbocycles. The summed E-state index contributed by atoms with van der Waals surface area (Å²) in [7, 11) is 0. The summed E-state index contributed by atoms with van der Waals surface area (Å²) in [6.07, 6.45) is 5.61. The van der Waals surface area contributed by atoms with E-state index in [-0.39, 0.29) is 5.82 Å². The molecule has 1 aromatic carbocycles. The van der Waals surface area contributed by atoms with E-state index in [1.54, 1.807) is 10.7 Å². The average molecular weight is 358 g/mol. The molecule has 3 rings (SSSR count). The smallest absolute Gasteiger partial charge is 0.172 e. The van der Waals surface area contributed by atoms with Gasteiger partial charge in [-0.2, -0.15) is 10.2 Å². The van der Waals surface area contributed by atoms with Crippen molar-refractivity contribution in [1.29, 1.82) is 0 Å². The molecule has 0 aliphatic heterocycles. The first-order chi connectivity index (χ1) is 12.1. The average Bonchev–Trinajstić information content (AvgIpc) is 3.22. The van der Waals surface area contributed by atoms with Crippen molar-refractivity contribution in [2.75, 3.05) is 5.32 Å². The van der Waals surface area contributed by atoms with Crippen LogP contribution in [0.4, 0.5) is 10.2 Å². The van der Waals surface area contributed by atoms with Crippen LogP contribution in [0.25, 0.3) is 0 Å². The summed E-state index contributed by atoms with van der Waals surface area (Å²) in [5, 5.41) is 15.2. The number of benzene rings is 1. The minimum Gasteiger partial charge on any atom is -0.358 e. The molecule has 3 aromatic rings. The van der Waals surface area contributed by atoms with Gasteiger partial charge < -0.3 is 10.6 Å². The van der Waals surface area contributed by atoms with Crippen molar-refractivity contribution >= 4 is 23.1 Å². The lowest BCUT2D eigenvalue weighted by molar-refractivity contribution is 0.619. The molecular formula is C17H19FN6S. The Morgan fingerprint density at radius 2 is 2.12 bits per heavy atom. The summed E-state index contributed by atoms with van der Waals surface area (Å²) in [6, 6.07) is 8.29. The fourth-order valence-corrected chi connectivity index (χ4v) is 2.53. The molecule has 0 radical (unpaired) electrons. The zero-order chi connectivity index (χ0) is 17.6. The molecule has 0 spiro atoms. The van der Waals surface area contributed by atoms with Crippen LogP contribution >= 0.6 is 12.2 Å². The molecule has 2 N–H and O–H groups in total. The van der Waals surface area contributed by atoms with Crippen LogP contribution in [0.2, 0.25) is 0 Å². The van der Waals surface area contributed by atoms with E-state index in [9.17, 15) is 4.39 Å². The Bertz CT molecular complexity index is 856. The highest BCUT2D eigenvalue weighted by molar-refractivity contribution is 7.80.